The molecule has 0 fully saturated rings. The van der Waals surface area contributed by atoms with Crippen molar-refractivity contribution in [1.82, 2.24) is 4.57 Å². The SMILES string of the molecule is O=NC(=O)c1cc2cccc3c2n1C=CN3. The van der Waals surface area contributed by atoms with Crippen molar-refractivity contribution in [3.63, 3.8) is 0 Å². The molecule has 78 valence electrons. The summed E-state index contributed by atoms with van der Waals surface area (Å²) in [6, 6.07) is 7.35. The fourth-order valence-corrected chi connectivity index (χ4v) is 1.97. The number of carbonyl (C=O) groups excluding carboxylic acids is 1. The van der Waals surface area contributed by atoms with Crippen molar-refractivity contribution in [2.45, 2.75) is 0 Å². The minimum absolute atomic E-state index is 0.287. The van der Waals surface area contributed by atoms with Gasteiger partial charge in [0, 0.05) is 23.0 Å². The molecule has 2 aromatic rings. The maximum absolute atomic E-state index is 11.3. The smallest absolute Gasteiger partial charge is 0.333 e. The summed E-state index contributed by atoms with van der Waals surface area (Å²) < 4.78 is 1.67. The van der Waals surface area contributed by atoms with Gasteiger partial charge in [0.2, 0.25) is 0 Å². The lowest BCUT2D eigenvalue weighted by Gasteiger charge is -2.12. The zero-order valence-corrected chi connectivity index (χ0v) is 8.18. The molecule has 0 atom stereocenters. The van der Waals surface area contributed by atoms with E-state index in [2.05, 4.69) is 10.5 Å². The third-order valence-corrected chi connectivity index (χ3v) is 2.62. The number of anilines is 1. The summed E-state index contributed by atoms with van der Waals surface area (Å²) in [5.74, 6) is -0.756. The highest BCUT2D eigenvalue weighted by atomic mass is 16.3. The van der Waals surface area contributed by atoms with Crippen LogP contribution in [0.15, 0.2) is 35.6 Å². The molecule has 1 amide bonds. The highest BCUT2D eigenvalue weighted by molar-refractivity contribution is 6.04. The van der Waals surface area contributed by atoms with Gasteiger partial charge in [0.1, 0.15) is 5.69 Å². The lowest BCUT2D eigenvalue weighted by Crippen LogP contribution is -2.05. The lowest BCUT2D eigenvalue weighted by atomic mass is 10.2. The number of nitroso groups, excluding NO2 is 1. The van der Waals surface area contributed by atoms with E-state index >= 15 is 0 Å². The van der Waals surface area contributed by atoms with Crippen molar-refractivity contribution in [3.05, 3.63) is 41.1 Å². The van der Waals surface area contributed by atoms with Gasteiger partial charge < -0.3 is 9.88 Å². The molecule has 0 bridgehead atoms. The van der Waals surface area contributed by atoms with Gasteiger partial charge in [-0.25, -0.2) is 0 Å². The molecule has 5 nitrogen and oxygen atoms in total. The number of amides is 1. The minimum Gasteiger partial charge on any atom is -0.359 e. The molecule has 1 aromatic carbocycles. The van der Waals surface area contributed by atoms with Gasteiger partial charge in [-0.15, -0.1) is 4.91 Å². The Morgan fingerprint density at radius 1 is 1.38 bits per heavy atom. The molecule has 1 aliphatic rings. The molecule has 0 saturated carbocycles. The number of rotatable bonds is 1. The molecule has 2 heterocycles. The molecule has 0 aliphatic carbocycles. The Labute approximate surface area is 90.3 Å². The molecular weight excluding hydrogens is 206 g/mol. The van der Waals surface area contributed by atoms with E-state index < -0.39 is 5.91 Å². The van der Waals surface area contributed by atoms with E-state index in [0.29, 0.717) is 0 Å². The molecule has 1 aliphatic heterocycles. The Morgan fingerprint density at radius 3 is 3.06 bits per heavy atom. The van der Waals surface area contributed by atoms with Gasteiger partial charge in [-0.05, 0) is 12.1 Å². The van der Waals surface area contributed by atoms with Crippen molar-refractivity contribution in [1.29, 1.82) is 0 Å². The maximum atomic E-state index is 11.3. The summed E-state index contributed by atoms with van der Waals surface area (Å²) in [6.07, 6.45) is 3.41. The van der Waals surface area contributed by atoms with E-state index in [9.17, 15) is 9.70 Å². The molecule has 0 radical (unpaired) electrons. The second-order valence-electron chi connectivity index (χ2n) is 3.50. The summed E-state index contributed by atoms with van der Waals surface area (Å²) in [6.45, 7) is 0. The maximum Gasteiger partial charge on any atom is 0.333 e. The minimum atomic E-state index is -0.756. The molecule has 3 rings (SSSR count). The van der Waals surface area contributed by atoms with Crippen molar-refractivity contribution < 1.29 is 4.79 Å². The molecule has 1 aromatic heterocycles. The second kappa shape index (κ2) is 3.03. The Morgan fingerprint density at radius 2 is 2.25 bits per heavy atom. The fraction of sp³-hybridized carbons (Fsp3) is 0. The molecule has 0 unspecified atom stereocenters. The Bertz CT molecular complexity index is 640. The molecule has 0 spiro atoms. The van der Waals surface area contributed by atoms with Crippen LogP contribution in [0, 0.1) is 4.91 Å². The first-order valence-electron chi connectivity index (χ1n) is 4.76. The highest BCUT2D eigenvalue weighted by Crippen LogP contribution is 2.30. The average molecular weight is 213 g/mol. The number of nitrogens with zero attached hydrogens (tertiary/aromatic N) is 2. The van der Waals surface area contributed by atoms with Crippen LogP contribution in [0.25, 0.3) is 17.1 Å². The predicted molar refractivity (Wildman–Crippen MR) is 61.0 cm³/mol. The van der Waals surface area contributed by atoms with E-state index in [4.69, 9.17) is 0 Å². The van der Waals surface area contributed by atoms with Crippen LogP contribution in [-0.4, -0.2) is 10.5 Å². The Hall–Kier alpha value is -2.43. The predicted octanol–water partition coefficient (Wildman–Crippen LogP) is 2.40. The standard InChI is InChI=1S/C11H7N3O2/c15-11(13-16)9-6-7-2-1-3-8-10(7)14(9)5-4-12-8/h1-6,12H. The van der Waals surface area contributed by atoms with Crippen molar-refractivity contribution in [2.24, 2.45) is 5.18 Å². The van der Waals surface area contributed by atoms with E-state index in [0.717, 1.165) is 16.6 Å². The molecule has 1 N–H and O–H groups in total. The van der Waals surface area contributed by atoms with Gasteiger partial charge in [0.25, 0.3) is 0 Å². The number of carbonyl (C=O) groups is 1. The first-order valence-corrected chi connectivity index (χ1v) is 4.76. The molecule has 16 heavy (non-hydrogen) atoms. The average Bonchev–Trinajstić information content (AvgIpc) is 2.70. The zero-order valence-electron chi connectivity index (χ0n) is 8.18. The number of para-hydroxylation sites is 1. The van der Waals surface area contributed by atoms with Crippen LogP contribution < -0.4 is 5.32 Å². The van der Waals surface area contributed by atoms with Crippen LogP contribution >= 0.6 is 0 Å². The van der Waals surface area contributed by atoms with Gasteiger partial charge in [-0.1, -0.05) is 12.1 Å². The number of hydrogen-bond donors (Lipinski definition) is 1. The van der Waals surface area contributed by atoms with Crippen molar-refractivity contribution in [3.8, 4) is 0 Å². The normalized spacial score (nSPS) is 12.5. The van der Waals surface area contributed by atoms with E-state index in [-0.39, 0.29) is 5.69 Å². The first-order chi connectivity index (χ1) is 7.81. The number of benzene rings is 1. The number of hydrogen-bond acceptors (Lipinski definition) is 3. The second-order valence-corrected chi connectivity index (χ2v) is 3.50. The van der Waals surface area contributed by atoms with Gasteiger partial charge >= 0.3 is 5.91 Å². The van der Waals surface area contributed by atoms with E-state index in [1.807, 2.05) is 18.2 Å². The lowest BCUT2D eigenvalue weighted by molar-refractivity contribution is 0.0995. The van der Waals surface area contributed by atoms with Crippen LogP contribution in [0.1, 0.15) is 10.5 Å². The van der Waals surface area contributed by atoms with Gasteiger partial charge in [0.05, 0.1) is 11.2 Å². The molecule has 0 saturated heterocycles. The van der Waals surface area contributed by atoms with Crippen LogP contribution in [0.2, 0.25) is 0 Å². The number of aromatic nitrogens is 1. The fourth-order valence-electron chi connectivity index (χ4n) is 1.97. The van der Waals surface area contributed by atoms with Crippen LogP contribution in [0.5, 0.6) is 0 Å². The summed E-state index contributed by atoms with van der Waals surface area (Å²) in [4.78, 5) is 21.6. The van der Waals surface area contributed by atoms with Crippen LogP contribution in [0.3, 0.4) is 0 Å². The largest absolute Gasteiger partial charge is 0.359 e. The number of nitrogens with one attached hydrogen (secondary N) is 1. The Balaban J connectivity index is 2.42. The van der Waals surface area contributed by atoms with E-state index in [1.165, 1.54) is 0 Å². The van der Waals surface area contributed by atoms with Gasteiger partial charge in [-0.2, -0.15) is 0 Å². The van der Waals surface area contributed by atoms with Crippen LogP contribution in [-0.2, 0) is 0 Å². The molecule has 5 heteroatoms. The topological polar surface area (TPSA) is 63.5 Å². The zero-order chi connectivity index (χ0) is 11.1. The quantitative estimate of drug-likeness (QED) is 0.740. The third kappa shape index (κ3) is 1.02. The highest BCUT2D eigenvalue weighted by Gasteiger charge is 2.18. The van der Waals surface area contributed by atoms with Crippen molar-refractivity contribution in [2.75, 3.05) is 5.32 Å². The Kier molecular flexibility index (Phi) is 1.67. The summed E-state index contributed by atoms with van der Waals surface area (Å²) >= 11 is 0. The summed E-state index contributed by atoms with van der Waals surface area (Å²) in [5, 5.41) is 6.43. The van der Waals surface area contributed by atoms with E-state index in [1.54, 1.807) is 23.0 Å². The van der Waals surface area contributed by atoms with Gasteiger partial charge in [0.15, 0.2) is 0 Å². The van der Waals surface area contributed by atoms with Crippen molar-refractivity contribution >= 4 is 28.7 Å². The first kappa shape index (κ1) is 8.84. The monoisotopic (exact) mass is 213 g/mol. The van der Waals surface area contributed by atoms with Crippen LogP contribution in [0.4, 0.5) is 5.69 Å². The molecular formula is C11H7N3O2. The third-order valence-electron chi connectivity index (χ3n) is 2.62. The summed E-state index contributed by atoms with van der Waals surface area (Å²) in [7, 11) is 0. The summed E-state index contributed by atoms with van der Waals surface area (Å²) in [5.41, 5.74) is 2.08. The van der Waals surface area contributed by atoms with Gasteiger partial charge in [-0.3, -0.25) is 4.79 Å².